The van der Waals surface area contributed by atoms with Crippen LogP contribution >= 0.6 is 23.2 Å². The number of amides is 1. The van der Waals surface area contributed by atoms with E-state index in [9.17, 15) is 9.59 Å². The predicted molar refractivity (Wildman–Crippen MR) is 110 cm³/mol. The third-order valence-corrected chi connectivity index (χ3v) is 4.51. The molecule has 3 aromatic rings. The Labute approximate surface area is 171 Å². The molecule has 0 saturated carbocycles. The smallest absolute Gasteiger partial charge is 0.266 e. The first-order chi connectivity index (χ1) is 13.3. The normalized spacial score (nSPS) is 11.7. The Kier molecular flexibility index (Phi) is 6.02. The second-order valence-corrected chi connectivity index (χ2v) is 6.93. The van der Waals surface area contributed by atoms with E-state index in [2.05, 4.69) is 10.4 Å². The van der Waals surface area contributed by atoms with Crippen LogP contribution in [-0.4, -0.2) is 21.8 Å². The van der Waals surface area contributed by atoms with Crippen molar-refractivity contribution in [3.05, 3.63) is 75.0 Å². The highest BCUT2D eigenvalue weighted by Gasteiger charge is 2.16. The summed E-state index contributed by atoms with van der Waals surface area (Å²) in [5, 5.41) is 7.80. The number of rotatable bonds is 5. The van der Waals surface area contributed by atoms with Crippen LogP contribution in [-0.2, 0) is 11.8 Å². The van der Waals surface area contributed by atoms with E-state index in [0.29, 0.717) is 27.2 Å². The molecule has 1 atom stereocenters. The lowest BCUT2D eigenvalue weighted by Gasteiger charge is -2.16. The molecule has 1 unspecified atom stereocenters. The van der Waals surface area contributed by atoms with Gasteiger partial charge in [0.25, 0.3) is 11.5 Å². The molecule has 0 radical (unpaired) electrons. The van der Waals surface area contributed by atoms with E-state index < -0.39 is 6.10 Å². The standard InChI is InChI=1S/C20H17Cl2N3O3/c1-12(28-18-9-5-14(21)11-16(18)22)20(27)23-15-6-3-13(4-7-15)17-8-10-19(26)25(2)24-17/h3-12H,1-2H3,(H,23,27). The lowest BCUT2D eigenvalue weighted by atomic mass is 10.1. The van der Waals surface area contributed by atoms with E-state index >= 15 is 0 Å². The lowest BCUT2D eigenvalue weighted by Crippen LogP contribution is -2.30. The van der Waals surface area contributed by atoms with Gasteiger partial charge in [-0.1, -0.05) is 35.3 Å². The molecule has 0 saturated heterocycles. The summed E-state index contributed by atoms with van der Waals surface area (Å²) < 4.78 is 6.88. The van der Waals surface area contributed by atoms with Gasteiger partial charge in [0.15, 0.2) is 6.10 Å². The Hall–Kier alpha value is -2.83. The van der Waals surface area contributed by atoms with Gasteiger partial charge in [0.2, 0.25) is 0 Å². The number of hydrogen-bond donors (Lipinski definition) is 1. The fourth-order valence-electron chi connectivity index (χ4n) is 2.44. The van der Waals surface area contributed by atoms with E-state index in [4.69, 9.17) is 27.9 Å². The summed E-state index contributed by atoms with van der Waals surface area (Å²) in [4.78, 5) is 23.8. The van der Waals surface area contributed by atoms with E-state index in [1.807, 2.05) is 12.1 Å². The molecule has 1 heterocycles. The highest BCUT2D eigenvalue weighted by Crippen LogP contribution is 2.28. The molecule has 2 aromatic carbocycles. The maximum atomic E-state index is 12.4. The molecule has 3 rings (SSSR count). The average Bonchev–Trinajstić information content (AvgIpc) is 2.66. The van der Waals surface area contributed by atoms with Crippen LogP contribution in [0.25, 0.3) is 11.3 Å². The van der Waals surface area contributed by atoms with Gasteiger partial charge in [-0.2, -0.15) is 5.10 Å². The van der Waals surface area contributed by atoms with Crippen molar-refractivity contribution in [1.29, 1.82) is 0 Å². The van der Waals surface area contributed by atoms with Gasteiger partial charge in [0.05, 0.1) is 10.7 Å². The fraction of sp³-hybridized carbons (Fsp3) is 0.150. The number of anilines is 1. The highest BCUT2D eigenvalue weighted by atomic mass is 35.5. The first kappa shape index (κ1) is 19.9. The summed E-state index contributed by atoms with van der Waals surface area (Å²) in [6.45, 7) is 1.63. The largest absolute Gasteiger partial charge is 0.479 e. The lowest BCUT2D eigenvalue weighted by molar-refractivity contribution is -0.122. The molecule has 0 spiro atoms. The molecule has 0 bridgehead atoms. The molecule has 28 heavy (non-hydrogen) atoms. The molecule has 0 fully saturated rings. The molecule has 0 aliphatic heterocycles. The number of aryl methyl sites for hydroxylation is 1. The number of nitrogens with one attached hydrogen (secondary N) is 1. The molecule has 6 nitrogen and oxygen atoms in total. The minimum Gasteiger partial charge on any atom is -0.479 e. The minimum absolute atomic E-state index is 0.178. The molecule has 0 aliphatic rings. The molecule has 1 amide bonds. The van der Waals surface area contributed by atoms with Gasteiger partial charge in [0.1, 0.15) is 5.75 Å². The van der Waals surface area contributed by atoms with Crippen LogP contribution in [0.15, 0.2) is 59.4 Å². The van der Waals surface area contributed by atoms with Crippen LogP contribution in [0, 0.1) is 0 Å². The van der Waals surface area contributed by atoms with Gasteiger partial charge in [-0.15, -0.1) is 0 Å². The van der Waals surface area contributed by atoms with Crippen LogP contribution in [0.5, 0.6) is 5.75 Å². The average molecular weight is 418 g/mol. The van der Waals surface area contributed by atoms with Gasteiger partial charge in [-0.3, -0.25) is 9.59 Å². The summed E-state index contributed by atoms with van der Waals surface area (Å²) >= 11 is 11.9. The zero-order valence-corrected chi connectivity index (χ0v) is 16.7. The third-order valence-electron chi connectivity index (χ3n) is 3.98. The van der Waals surface area contributed by atoms with Crippen LogP contribution in [0.2, 0.25) is 10.0 Å². The number of aromatic nitrogens is 2. The molecule has 144 valence electrons. The van der Waals surface area contributed by atoms with Gasteiger partial charge < -0.3 is 10.1 Å². The monoisotopic (exact) mass is 417 g/mol. The number of carbonyl (C=O) groups is 1. The molecule has 1 N–H and O–H groups in total. The third kappa shape index (κ3) is 4.71. The van der Waals surface area contributed by atoms with Gasteiger partial charge in [0, 0.05) is 29.4 Å². The highest BCUT2D eigenvalue weighted by molar-refractivity contribution is 6.35. The van der Waals surface area contributed by atoms with E-state index in [-0.39, 0.29) is 11.5 Å². The number of hydrogen-bond acceptors (Lipinski definition) is 4. The maximum Gasteiger partial charge on any atom is 0.266 e. The van der Waals surface area contributed by atoms with Crippen molar-refractivity contribution in [2.75, 3.05) is 5.32 Å². The number of carbonyl (C=O) groups excluding carboxylic acids is 1. The number of halogens is 2. The zero-order valence-electron chi connectivity index (χ0n) is 15.1. The SMILES string of the molecule is CC(Oc1ccc(Cl)cc1Cl)C(=O)Nc1ccc(-c2ccc(=O)n(C)n2)cc1. The van der Waals surface area contributed by atoms with Crippen molar-refractivity contribution in [3.63, 3.8) is 0 Å². The molecular formula is C20H17Cl2N3O3. The number of ether oxygens (including phenoxy) is 1. The quantitative estimate of drug-likeness (QED) is 0.676. The van der Waals surface area contributed by atoms with Gasteiger partial charge in [-0.25, -0.2) is 4.68 Å². The van der Waals surface area contributed by atoms with Crippen LogP contribution in [0.3, 0.4) is 0 Å². The van der Waals surface area contributed by atoms with E-state index in [0.717, 1.165) is 5.56 Å². The number of benzene rings is 2. The van der Waals surface area contributed by atoms with Crippen LogP contribution < -0.4 is 15.6 Å². The summed E-state index contributed by atoms with van der Waals surface area (Å²) in [7, 11) is 1.59. The Balaban J connectivity index is 1.66. The Morgan fingerprint density at radius 2 is 1.82 bits per heavy atom. The fourth-order valence-corrected chi connectivity index (χ4v) is 2.89. The Bertz CT molecular complexity index is 1070. The van der Waals surface area contributed by atoms with Crippen molar-refractivity contribution in [2.24, 2.45) is 7.05 Å². The summed E-state index contributed by atoms with van der Waals surface area (Å²) in [6, 6.07) is 15.0. The second kappa shape index (κ2) is 8.46. The van der Waals surface area contributed by atoms with E-state index in [1.54, 1.807) is 50.4 Å². The summed E-state index contributed by atoms with van der Waals surface area (Å²) in [5.74, 6) is 0.0591. The first-order valence-electron chi connectivity index (χ1n) is 8.41. The topological polar surface area (TPSA) is 73.2 Å². The van der Waals surface area contributed by atoms with Gasteiger partial charge in [-0.05, 0) is 43.3 Å². The van der Waals surface area contributed by atoms with Crippen LogP contribution in [0.1, 0.15) is 6.92 Å². The van der Waals surface area contributed by atoms with E-state index in [1.165, 1.54) is 10.7 Å². The number of nitrogens with zero attached hydrogens (tertiary/aromatic N) is 2. The van der Waals surface area contributed by atoms with Crippen molar-refractivity contribution < 1.29 is 9.53 Å². The predicted octanol–water partition coefficient (Wildman–Crippen LogP) is 4.16. The van der Waals surface area contributed by atoms with Crippen molar-refractivity contribution in [3.8, 4) is 17.0 Å². The molecule has 0 aliphatic carbocycles. The Morgan fingerprint density at radius 3 is 2.46 bits per heavy atom. The minimum atomic E-state index is -0.760. The molecule has 8 heteroatoms. The van der Waals surface area contributed by atoms with Crippen molar-refractivity contribution in [2.45, 2.75) is 13.0 Å². The Morgan fingerprint density at radius 1 is 1.11 bits per heavy atom. The zero-order chi connectivity index (χ0) is 20.3. The van der Waals surface area contributed by atoms with Gasteiger partial charge >= 0.3 is 0 Å². The van der Waals surface area contributed by atoms with Crippen molar-refractivity contribution in [1.82, 2.24) is 9.78 Å². The molecular weight excluding hydrogens is 401 g/mol. The molecule has 1 aromatic heterocycles. The van der Waals surface area contributed by atoms with Crippen molar-refractivity contribution >= 4 is 34.8 Å². The second-order valence-electron chi connectivity index (χ2n) is 6.08. The summed E-state index contributed by atoms with van der Waals surface area (Å²) in [6.07, 6.45) is -0.760. The van der Waals surface area contributed by atoms with Crippen LogP contribution in [0.4, 0.5) is 5.69 Å². The first-order valence-corrected chi connectivity index (χ1v) is 9.16. The summed E-state index contributed by atoms with van der Waals surface area (Å²) in [5.41, 5.74) is 1.92. The maximum absolute atomic E-state index is 12.4.